The van der Waals surface area contributed by atoms with E-state index < -0.39 is 12.0 Å². The van der Waals surface area contributed by atoms with E-state index in [1.54, 1.807) is 49.4 Å². The minimum absolute atomic E-state index is 0.0371. The molecule has 0 fully saturated rings. The number of hydrogen-bond donors (Lipinski definition) is 1. The summed E-state index contributed by atoms with van der Waals surface area (Å²) >= 11 is 4.57. The van der Waals surface area contributed by atoms with Gasteiger partial charge in [0.1, 0.15) is 11.8 Å². The van der Waals surface area contributed by atoms with Crippen molar-refractivity contribution < 1.29 is 24.1 Å². The van der Waals surface area contributed by atoms with Crippen molar-refractivity contribution in [2.24, 2.45) is 4.99 Å². The van der Waals surface area contributed by atoms with Gasteiger partial charge in [-0.2, -0.15) is 0 Å². The van der Waals surface area contributed by atoms with Crippen LogP contribution in [0.15, 0.2) is 61.9 Å². The zero-order valence-corrected chi connectivity index (χ0v) is 22.6. The minimum atomic E-state index is -0.853. The number of carbonyl (C=O) groups is 1. The van der Waals surface area contributed by atoms with Crippen molar-refractivity contribution in [2.45, 2.75) is 26.3 Å². The van der Waals surface area contributed by atoms with Crippen molar-refractivity contribution >= 4 is 39.3 Å². The van der Waals surface area contributed by atoms with E-state index in [4.69, 9.17) is 14.2 Å². The summed E-state index contributed by atoms with van der Waals surface area (Å²) in [4.78, 5) is 31.7. The molecular weight excluding hydrogens is 548 g/mol. The van der Waals surface area contributed by atoms with Crippen LogP contribution in [-0.2, 0) is 9.53 Å². The maximum atomic E-state index is 13.8. The number of allylic oxidation sites excluding steroid dienone is 1. The quantitative estimate of drug-likeness (QED) is 0.434. The number of phenols is 1. The average molecular weight is 573 g/mol. The number of fused-ring (bicyclic) bond motifs is 1. The molecule has 0 saturated heterocycles. The van der Waals surface area contributed by atoms with Gasteiger partial charge in [0.25, 0.3) is 5.56 Å². The van der Waals surface area contributed by atoms with Crippen LogP contribution in [0.5, 0.6) is 17.2 Å². The Morgan fingerprint density at radius 2 is 2.06 bits per heavy atom. The van der Waals surface area contributed by atoms with Crippen molar-refractivity contribution in [1.29, 1.82) is 0 Å². The first-order valence-corrected chi connectivity index (χ1v) is 12.8. The fourth-order valence-electron chi connectivity index (χ4n) is 4.04. The highest BCUT2D eigenvalue weighted by Gasteiger charge is 2.35. The largest absolute Gasteiger partial charge is 0.507 e. The molecule has 4 rings (SSSR count). The summed E-state index contributed by atoms with van der Waals surface area (Å²) < 4.78 is 19.3. The zero-order chi connectivity index (χ0) is 26.0. The molecule has 0 saturated carbocycles. The highest BCUT2D eigenvalue weighted by Crippen LogP contribution is 2.40. The second kappa shape index (κ2) is 10.7. The van der Waals surface area contributed by atoms with E-state index in [-0.39, 0.29) is 16.9 Å². The predicted octanol–water partition coefficient (Wildman–Crippen LogP) is 3.67. The van der Waals surface area contributed by atoms with Gasteiger partial charge in [-0.25, -0.2) is 9.79 Å². The lowest BCUT2D eigenvalue weighted by atomic mass is 9.94. The van der Waals surface area contributed by atoms with Gasteiger partial charge in [0.15, 0.2) is 16.3 Å². The second-order valence-electron chi connectivity index (χ2n) is 8.00. The Balaban J connectivity index is 2.03. The summed E-state index contributed by atoms with van der Waals surface area (Å²) in [6.45, 7) is 4.12. The van der Waals surface area contributed by atoms with Gasteiger partial charge in [-0.1, -0.05) is 46.3 Å². The summed E-state index contributed by atoms with van der Waals surface area (Å²) in [5.41, 5.74) is 1.37. The van der Waals surface area contributed by atoms with Gasteiger partial charge < -0.3 is 19.3 Å². The molecule has 0 bridgehead atoms. The molecule has 8 nitrogen and oxygen atoms in total. The van der Waals surface area contributed by atoms with Crippen molar-refractivity contribution in [3.05, 3.63) is 83.0 Å². The summed E-state index contributed by atoms with van der Waals surface area (Å²) in [7, 11) is 2.83. The lowest BCUT2D eigenvalue weighted by Crippen LogP contribution is -2.40. The van der Waals surface area contributed by atoms with Crippen LogP contribution in [0.25, 0.3) is 6.08 Å². The van der Waals surface area contributed by atoms with Crippen LogP contribution in [0.3, 0.4) is 0 Å². The maximum Gasteiger partial charge on any atom is 0.338 e. The average Bonchev–Trinajstić information content (AvgIpc) is 3.17. The van der Waals surface area contributed by atoms with Crippen molar-refractivity contribution in [3.63, 3.8) is 0 Å². The standard InChI is InChI=1S/C26H25BrN2O6S/c1-5-11-35-23-17(7-6-8-19(23)33-3)22-21(25(32)34-4)14(2)28-26-29(22)24(31)20(36-26)13-15-12-16(27)9-10-18(15)30/h6-10,12-13,22,30H,5,11H2,1-4H3. The van der Waals surface area contributed by atoms with Crippen LogP contribution >= 0.6 is 27.3 Å². The van der Waals surface area contributed by atoms with Crippen molar-refractivity contribution in [3.8, 4) is 17.2 Å². The smallest absolute Gasteiger partial charge is 0.338 e. The van der Waals surface area contributed by atoms with Crippen LogP contribution in [0, 0.1) is 0 Å². The summed E-state index contributed by atoms with van der Waals surface area (Å²) in [5, 5.41) is 10.3. The number of thiazole rings is 1. The molecule has 1 aliphatic heterocycles. The van der Waals surface area contributed by atoms with E-state index >= 15 is 0 Å². The summed E-state index contributed by atoms with van der Waals surface area (Å²) in [6, 6.07) is 9.47. The Bertz CT molecular complexity index is 1540. The number of aromatic nitrogens is 1. The van der Waals surface area contributed by atoms with E-state index in [1.165, 1.54) is 30.1 Å². The molecule has 2 aromatic carbocycles. The fraction of sp³-hybridized carbons (Fsp3) is 0.269. The minimum Gasteiger partial charge on any atom is -0.507 e. The lowest BCUT2D eigenvalue weighted by molar-refractivity contribution is -0.136. The summed E-state index contributed by atoms with van der Waals surface area (Å²) in [5.74, 6) is 0.377. The molecule has 1 unspecified atom stereocenters. The number of hydrogen-bond acceptors (Lipinski definition) is 8. The van der Waals surface area contributed by atoms with E-state index in [0.29, 0.717) is 44.3 Å². The zero-order valence-electron chi connectivity index (χ0n) is 20.2. The topological polar surface area (TPSA) is 99.4 Å². The number of phenolic OH excluding ortho intramolecular Hbond substituents is 1. The molecular formula is C26H25BrN2O6S. The van der Waals surface area contributed by atoms with Crippen LogP contribution < -0.4 is 24.4 Å². The van der Waals surface area contributed by atoms with Gasteiger partial charge in [0.05, 0.1) is 36.6 Å². The molecule has 0 spiro atoms. The number of methoxy groups -OCH3 is 2. The number of carbonyl (C=O) groups excluding carboxylic acids is 1. The third kappa shape index (κ3) is 4.70. The fourth-order valence-corrected chi connectivity index (χ4v) is 5.45. The van der Waals surface area contributed by atoms with Gasteiger partial charge in [-0.15, -0.1) is 0 Å². The highest BCUT2D eigenvalue weighted by atomic mass is 79.9. The summed E-state index contributed by atoms with van der Waals surface area (Å²) in [6.07, 6.45) is 2.37. The maximum absolute atomic E-state index is 13.8. The first kappa shape index (κ1) is 25.7. The van der Waals surface area contributed by atoms with Crippen molar-refractivity contribution in [2.75, 3.05) is 20.8 Å². The highest BCUT2D eigenvalue weighted by molar-refractivity contribution is 9.10. The molecule has 1 aromatic heterocycles. The predicted molar refractivity (Wildman–Crippen MR) is 140 cm³/mol. The molecule has 3 aromatic rings. The molecule has 1 atom stereocenters. The Morgan fingerprint density at radius 1 is 1.28 bits per heavy atom. The first-order valence-electron chi connectivity index (χ1n) is 11.2. The Labute approximate surface area is 219 Å². The van der Waals surface area contributed by atoms with Gasteiger partial charge in [-0.05, 0) is 43.7 Å². The SMILES string of the molecule is CCCOc1c(OC)cccc1C1C(C(=O)OC)=C(C)N=c2sc(=Cc3cc(Br)ccc3O)c(=O)n21. The third-order valence-electron chi connectivity index (χ3n) is 5.68. The normalized spacial score (nSPS) is 15.4. The van der Waals surface area contributed by atoms with Crippen LogP contribution in [-0.4, -0.2) is 36.5 Å². The Hall–Kier alpha value is -3.37. The molecule has 1 N–H and O–H groups in total. The monoisotopic (exact) mass is 572 g/mol. The van der Waals surface area contributed by atoms with Crippen LogP contribution in [0.1, 0.15) is 37.4 Å². The second-order valence-corrected chi connectivity index (χ2v) is 9.93. The molecule has 36 heavy (non-hydrogen) atoms. The van der Waals surface area contributed by atoms with Gasteiger partial charge in [-0.3, -0.25) is 9.36 Å². The number of aromatic hydroxyl groups is 1. The van der Waals surface area contributed by atoms with Crippen LogP contribution in [0.4, 0.5) is 0 Å². The molecule has 1 aliphatic rings. The number of halogens is 1. The number of ether oxygens (including phenoxy) is 3. The molecule has 188 valence electrons. The van der Waals surface area contributed by atoms with E-state index in [0.717, 1.165) is 10.9 Å². The van der Waals surface area contributed by atoms with Gasteiger partial charge in [0, 0.05) is 15.6 Å². The Kier molecular flexibility index (Phi) is 7.65. The molecule has 0 radical (unpaired) electrons. The van der Waals surface area contributed by atoms with Gasteiger partial charge in [0.2, 0.25) is 0 Å². The lowest BCUT2D eigenvalue weighted by Gasteiger charge is -2.26. The number of esters is 1. The molecule has 0 aliphatic carbocycles. The number of nitrogens with zero attached hydrogens (tertiary/aromatic N) is 2. The van der Waals surface area contributed by atoms with Gasteiger partial charge >= 0.3 is 5.97 Å². The number of para-hydroxylation sites is 1. The molecule has 2 heterocycles. The number of benzene rings is 2. The van der Waals surface area contributed by atoms with E-state index in [2.05, 4.69) is 20.9 Å². The van der Waals surface area contributed by atoms with Crippen molar-refractivity contribution in [1.82, 2.24) is 4.57 Å². The first-order chi connectivity index (χ1) is 17.3. The third-order valence-corrected chi connectivity index (χ3v) is 7.15. The molecule has 10 heteroatoms. The van der Waals surface area contributed by atoms with E-state index in [1.807, 2.05) is 6.92 Å². The van der Waals surface area contributed by atoms with Crippen LogP contribution in [0.2, 0.25) is 0 Å². The molecule has 0 amide bonds. The van der Waals surface area contributed by atoms with E-state index in [9.17, 15) is 14.7 Å². The number of rotatable bonds is 7. The Morgan fingerprint density at radius 3 is 2.75 bits per heavy atom.